The van der Waals surface area contributed by atoms with Crippen LogP contribution in [0.2, 0.25) is 10.0 Å². The summed E-state index contributed by atoms with van der Waals surface area (Å²) in [6.45, 7) is 0.190. The number of esters is 1. The van der Waals surface area contributed by atoms with Crippen molar-refractivity contribution in [3.63, 3.8) is 0 Å². The second-order valence-electron chi connectivity index (χ2n) is 4.98. The summed E-state index contributed by atoms with van der Waals surface area (Å²) in [4.78, 5) is 16.4. The minimum atomic E-state index is -0.254. The van der Waals surface area contributed by atoms with Gasteiger partial charge in [0.1, 0.15) is 6.61 Å². The van der Waals surface area contributed by atoms with Gasteiger partial charge in [0.2, 0.25) is 0 Å². The number of nitrogens with zero attached hydrogens (tertiary/aromatic N) is 1. The van der Waals surface area contributed by atoms with Crippen molar-refractivity contribution in [2.24, 2.45) is 0 Å². The molecule has 3 rings (SSSR count). The van der Waals surface area contributed by atoms with Crippen molar-refractivity contribution in [3.8, 4) is 0 Å². The molecule has 0 radical (unpaired) electrons. The molecule has 0 aliphatic carbocycles. The number of halogens is 2. The van der Waals surface area contributed by atoms with E-state index in [4.69, 9.17) is 27.9 Å². The number of benzene rings is 2. The Labute approximate surface area is 147 Å². The van der Waals surface area contributed by atoms with Crippen molar-refractivity contribution in [2.45, 2.75) is 19.4 Å². The topological polar surface area (TPSA) is 39.2 Å². The summed E-state index contributed by atoms with van der Waals surface area (Å²) >= 11 is 13.4. The number of fused-ring (bicyclic) bond motifs is 1. The number of carbonyl (C=O) groups excluding carboxylic acids is 1. The van der Waals surface area contributed by atoms with Gasteiger partial charge in [-0.1, -0.05) is 41.4 Å². The molecule has 0 unspecified atom stereocenters. The molecule has 3 nitrogen and oxygen atoms in total. The molecule has 1 aromatic heterocycles. The van der Waals surface area contributed by atoms with Crippen LogP contribution < -0.4 is 0 Å². The molecule has 0 aliphatic heterocycles. The lowest BCUT2D eigenvalue weighted by Gasteiger charge is -2.05. The van der Waals surface area contributed by atoms with Gasteiger partial charge in [-0.3, -0.25) is 4.79 Å². The molecule has 3 aromatic rings. The first-order valence-corrected chi connectivity index (χ1v) is 8.63. The largest absolute Gasteiger partial charge is 0.461 e. The van der Waals surface area contributed by atoms with Gasteiger partial charge in [-0.05, 0) is 29.8 Å². The highest BCUT2D eigenvalue weighted by atomic mass is 35.5. The molecule has 0 N–H and O–H groups in total. The Kier molecular flexibility index (Phi) is 5.16. The number of rotatable bonds is 5. The van der Waals surface area contributed by atoms with Gasteiger partial charge >= 0.3 is 5.97 Å². The molecule has 2 aromatic carbocycles. The van der Waals surface area contributed by atoms with E-state index in [0.29, 0.717) is 22.9 Å². The molecule has 118 valence electrons. The zero-order valence-corrected chi connectivity index (χ0v) is 14.4. The van der Waals surface area contributed by atoms with Crippen LogP contribution in [0, 0.1) is 0 Å². The molecular weight excluding hydrogens is 353 g/mol. The van der Waals surface area contributed by atoms with Gasteiger partial charge in [0.25, 0.3) is 0 Å². The zero-order valence-electron chi connectivity index (χ0n) is 12.1. The third kappa shape index (κ3) is 4.22. The fourth-order valence-electron chi connectivity index (χ4n) is 2.10. The number of ether oxygens (including phenoxy) is 1. The maximum atomic E-state index is 11.9. The first-order valence-electron chi connectivity index (χ1n) is 7.06. The average molecular weight is 366 g/mol. The number of hydrogen-bond donors (Lipinski definition) is 0. The number of carbonyl (C=O) groups is 1. The summed E-state index contributed by atoms with van der Waals surface area (Å²) in [7, 11) is 0. The molecule has 0 amide bonds. The summed E-state index contributed by atoms with van der Waals surface area (Å²) in [6, 6.07) is 13.1. The van der Waals surface area contributed by atoms with Crippen LogP contribution in [0.1, 0.15) is 17.0 Å². The van der Waals surface area contributed by atoms with Crippen molar-refractivity contribution in [1.29, 1.82) is 0 Å². The van der Waals surface area contributed by atoms with Gasteiger partial charge < -0.3 is 4.74 Å². The minimum absolute atomic E-state index is 0.190. The predicted molar refractivity (Wildman–Crippen MR) is 94.2 cm³/mol. The number of para-hydroxylation sites is 1. The Morgan fingerprint density at radius 1 is 1.13 bits per heavy atom. The standard InChI is InChI=1S/C17H13Cl2NO2S/c18-12-6-5-11(9-13(12)19)10-22-17(21)8-7-16-20-14-3-1-2-4-15(14)23-16/h1-6,9H,7-8,10H2. The second kappa shape index (κ2) is 7.30. The number of thiazole rings is 1. The lowest BCUT2D eigenvalue weighted by atomic mass is 10.2. The molecular formula is C17H13Cl2NO2S. The van der Waals surface area contributed by atoms with Gasteiger partial charge in [-0.25, -0.2) is 4.98 Å². The highest BCUT2D eigenvalue weighted by Gasteiger charge is 2.09. The highest BCUT2D eigenvalue weighted by Crippen LogP contribution is 2.24. The van der Waals surface area contributed by atoms with Crippen molar-refractivity contribution in [2.75, 3.05) is 0 Å². The third-order valence-electron chi connectivity index (χ3n) is 3.27. The summed E-state index contributed by atoms with van der Waals surface area (Å²) in [6.07, 6.45) is 0.890. The number of aryl methyl sites for hydroxylation is 1. The smallest absolute Gasteiger partial charge is 0.306 e. The van der Waals surface area contributed by atoms with E-state index in [-0.39, 0.29) is 12.6 Å². The maximum Gasteiger partial charge on any atom is 0.306 e. The quantitative estimate of drug-likeness (QED) is 0.577. The first-order chi connectivity index (χ1) is 11.1. The van der Waals surface area contributed by atoms with Crippen LogP contribution in [0.3, 0.4) is 0 Å². The van der Waals surface area contributed by atoms with Crippen LogP contribution >= 0.6 is 34.5 Å². The van der Waals surface area contributed by atoms with E-state index in [2.05, 4.69) is 4.98 Å². The summed E-state index contributed by atoms with van der Waals surface area (Å²) in [5, 5.41) is 1.88. The average Bonchev–Trinajstić information content (AvgIpc) is 2.97. The lowest BCUT2D eigenvalue weighted by Crippen LogP contribution is -2.05. The molecule has 0 atom stereocenters. The molecule has 0 saturated heterocycles. The maximum absolute atomic E-state index is 11.9. The van der Waals surface area contributed by atoms with Crippen LogP contribution in [0.25, 0.3) is 10.2 Å². The van der Waals surface area contributed by atoms with Crippen molar-refractivity contribution in [3.05, 3.63) is 63.1 Å². The van der Waals surface area contributed by atoms with Crippen LogP contribution in [0.4, 0.5) is 0 Å². The second-order valence-corrected chi connectivity index (χ2v) is 6.91. The fraction of sp³-hybridized carbons (Fsp3) is 0.176. The molecule has 0 aliphatic rings. The molecule has 6 heteroatoms. The van der Waals surface area contributed by atoms with E-state index < -0.39 is 0 Å². The molecule has 0 spiro atoms. The monoisotopic (exact) mass is 365 g/mol. The van der Waals surface area contributed by atoms with Crippen molar-refractivity contribution < 1.29 is 9.53 Å². The summed E-state index contributed by atoms with van der Waals surface area (Å²) in [5.74, 6) is -0.254. The molecule has 1 heterocycles. The van der Waals surface area contributed by atoms with E-state index >= 15 is 0 Å². The normalized spacial score (nSPS) is 10.9. The zero-order chi connectivity index (χ0) is 16.2. The van der Waals surface area contributed by atoms with E-state index in [9.17, 15) is 4.79 Å². The van der Waals surface area contributed by atoms with Gasteiger partial charge in [0, 0.05) is 6.42 Å². The van der Waals surface area contributed by atoms with Crippen LogP contribution in [-0.2, 0) is 22.6 Å². The number of aromatic nitrogens is 1. The molecule has 23 heavy (non-hydrogen) atoms. The molecule has 0 saturated carbocycles. The van der Waals surface area contributed by atoms with E-state index in [1.54, 1.807) is 29.5 Å². The summed E-state index contributed by atoms with van der Waals surface area (Å²) in [5.41, 5.74) is 1.78. The van der Waals surface area contributed by atoms with Crippen LogP contribution in [0.15, 0.2) is 42.5 Å². The lowest BCUT2D eigenvalue weighted by molar-refractivity contribution is -0.144. The van der Waals surface area contributed by atoms with E-state index in [1.807, 2.05) is 24.3 Å². The van der Waals surface area contributed by atoms with Gasteiger partial charge in [-0.15, -0.1) is 11.3 Å². The first kappa shape index (κ1) is 16.2. The SMILES string of the molecule is O=C(CCc1nc2ccccc2s1)OCc1ccc(Cl)c(Cl)c1. The molecule has 0 bridgehead atoms. The van der Waals surface area contributed by atoms with Crippen molar-refractivity contribution >= 4 is 50.7 Å². The Hall–Kier alpha value is -1.62. The third-order valence-corrected chi connectivity index (χ3v) is 5.10. The van der Waals surface area contributed by atoms with E-state index in [0.717, 1.165) is 20.8 Å². The molecule has 0 fully saturated rings. The van der Waals surface area contributed by atoms with Crippen LogP contribution in [0.5, 0.6) is 0 Å². The van der Waals surface area contributed by atoms with E-state index in [1.165, 1.54) is 0 Å². The Bertz CT molecular complexity index is 814. The number of hydrogen-bond acceptors (Lipinski definition) is 4. The Morgan fingerprint density at radius 3 is 2.74 bits per heavy atom. The minimum Gasteiger partial charge on any atom is -0.461 e. The highest BCUT2D eigenvalue weighted by molar-refractivity contribution is 7.18. The van der Waals surface area contributed by atoms with Gasteiger partial charge in [-0.2, -0.15) is 0 Å². The summed E-state index contributed by atoms with van der Waals surface area (Å²) < 4.78 is 6.39. The Balaban J connectivity index is 1.52. The van der Waals surface area contributed by atoms with Gasteiger partial charge in [0.15, 0.2) is 0 Å². The fourth-order valence-corrected chi connectivity index (χ4v) is 3.39. The Morgan fingerprint density at radius 2 is 1.96 bits per heavy atom. The van der Waals surface area contributed by atoms with Gasteiger partial charge in [0.05, 0.1) is 31.7 Å². The van der Waals surface area contributed by atoms with Crippen molar-refractivity contribution in [1.82, 2.24) is 4.98 Å². The predicted octanol–water partition coefficient (Wildman–Crippen LogP) is 5.28. The van der Waals surface area contributed by atoms with Crippen LogP contribution in [-0.4, -0.2) is 11.0 Å².